The summed E-state index contributed by atoms with van der Waals surface area (Å²) in [5.41, 5.74) is 3.52. The van der Waals surface area contributed by atoms with Gasteiger partial charge in [0.25, 0.3) is 0 Å². The molecule has 2 aromatic carbocycles. The maximum Gasteiger partial charge on any atom is 0.0721 e. The smallest absolute Gasteiger partial charge is 0.0721 e. The lowest BCUT2D eigenvalue weighted by Gasteiger charge is -2.11. The molecule has 1 fully saturated rings. The van der Waals surface area contributed by atoms with Gasteiger partial charge in [0.1, 0.15) is 0 Å². The lowest BCUT2D eigenvalue weighted by Crippen LogP contribution is -2.01. The first-order valence-electron chi connectivity index (χ1n) is 6.51. The molecule has 0 spiro atoms. The number of hydrogen-bond acceptors (Lipinski definition) is 1. The third kappa shape index (κ3) is 3.05. The monoisotopic (exact) mass is 291 g/mol. The van der Waals surface area contributed by atoms with Crippen molar-refractivity contribution in [2.45, 2.75) is 25.3 Å². The normalized spacial score (nSPS) is 14.4. The molecule has 2 aromatic rings. The van der Waals surface area contributed by atoms with E-state index < -0.39 is 0 Å². The van der Waals surface area contributed by atoms with Crippen LogP contribution in [0.25, 0.3) is 0 Å². The zero-order valence-corrected chi connectivity index (χ0v) is 12.0. The topological polar surface area (TPSA) is 12.0 Å². The third-order valence-corrected chi connectivity index (χ3v) is 4.06. The summed E-state index contributed by atoms with van der Waals surface area (Å²) in [6.45, 7) is 0.740. The Morgan fingerprint density at radius 3 is 2.37 bits per heavy atom. The number of rotatable bonds is 4. The van der Waals surface area contributed by atoms with E-state index in [1.807, 2.05) is 18.2 Å². The van der Waals surface area contributed by atoms with Gasteiger partial charge in [-0.05, 0) is 42.0 Å². The highest BCUT2D eigenvalue weighted by atomic mass is 35.5. The van der Waals surface area contributed by atoms with Crippen molar-refractivity contribution in [3.05, 3.63) is 63.6 Å². The van der Waals surface area contributed by atoms with E-state index in [0.717, 1.165) is 18.2 Å². The molecule has 3 rings (SSSR count). The van der Waals surface area contributed by atoms with Gasteiger partial charge in [-0.2, -0.15) is 0 Å². The van der Waals surface area contributed by atoms with Crippen LogP contribution in [0, 0.1) is 0 Å². The van der Waals surface area contributed by atoms with E-state index in [4.69, 9.17) is 23.2 Å². The van der Waals surface area contributed by atoms with Gasteiger partial charge in [0, 0.05) is 6.54 Å². The quantitative estimate of drug-likeness (QED) is 0.786. The molecule has 98 valence electrons. The minimum Gasteiger partial charge on any atom is -0.379 e. The van der Waals surface area contributed by atoms with Crippen molar-refractivity contribution < 1.29 is 0 Å². The van der Waals surface area contributed by atoms with E-state index in [1.165, 1.54) is 24.0 Å². The third-order valence-electron chi connectivity index (χ3n) is 3.43. The van der Waals surface area contributed by atoms with Crippen LogP contribution in [0.3, 0.4) is 0 Å². The van der Waals surface area contributed by atoms with Crippen LogP contribution in [-0.4, -0.2) is 0 Å². The van der Waals surface area contributed by atoms with E-state index in [-0.39, 0.29) is 0 Å². The molecule has 1 aliphatic carbocycles. The van der Waals surface area contributed by atoms with Crippen LogP contribution in [0.2, 0.25) is 10.0 Å². The van der Waals surface area contributed by atoms with Gasteiger partial charge in [-0.15, -0.1) is 0 Å². The van der Waals surface area contributed by atoms with E-state index >= 15 is 0 Å². The van der Waals surface area contributed by atoms with Gasteiger partial charge in [-0.1, -0.05) is 53.5 Å². The highest BCUT2D eigenvalue weighted by Crippen LogP contribution is 2.40. The van der Waals surface area contributed by atoms with Crippen molar-refractivity contribution in [3.63, 3.8) is 0 Å². The van der Waals surface area contributed by atoms with Gasteiger partial charge in [0.05, 0.1) is 15.7 Å². The van der Waals surface area contributed by atoms with Crippen molar-refractivity contribution in [1.29, 1.82) is 0 Å². The first kappa shape index (κ1) is 12.8. The number of halogens is 2. The molecule has 0 amide bonds. The van der Waals surface area contributed by atoms with Crippen LogP contribution in [0.1, 0.15) is 29.9 Å². The summed E-state index contributed by atoms with van der Waals surface area (Å²) in [7, 11) is 0. The fraction of sp³-hybridized carbons (Fsp3) is 0.250. The van der Waals surface area contributed by atoms with Gasteiger partial charge in [-0.3, -0.25) is 0 Å². The minimum atomic E-state index is 0.658. The van der Waals surface area contributed by atoms with Gasteiger partial charge in [-0.25, -0.2) is 0 Å². The molecule has 0 atom stereocenters. The van der Waals surface area contributed by atoms with E-state index in [0.29, 0.717) is 10.0 Å². The van der Waals surface area contributed by atoms with Crippen molar-refractivity contribution >= 4 is 28.9 Å². The second-order valence-electron chi connectivity index (χ2n) is 4.97. The largest absolute Gasteiger partial charge is 0.379 e. The van der Waals surface area contributed by atoms with Crippen molar-refractivity contribution in [1.82, 2.24) is 0 Å². The van der Waals surface area contributed by atoms with Crippen LogP contribution >= 0.6 is 23.2 Å². The molecular formula is C16H15Cl2N. The Kier molecular flexibility index (Phi) is 3.67. The highest BCUT2D eigenvalue weighted by Gasteiger charge is 2.23. The molecule has 19 heavy (non-hydrogen) atoms. The molecule has 3 heteroatoms. The summed E-state index contributed by atoms with van der Waals surface area (Å²) in [4.78, 5) is 0. The Morgan fingerprint density at radius 2 is 1.68 bits per heavy atom. The molecule has 1 nitrogen and oxygen atoms in total. The zero-order chi connectivity index (χ0) is 13.2. The summed E-state index contributed by atoms with van der Waals surface area (Å²) < 4.78 is 0. The van der Waals surface area contributed by atoms with Gasteiger partial charge in [0.2, 0.25) is 0 Å². The SMILES string of the molecule is Clc1cccc(Cl)c1NCc1cccc(C2CC2)c1. The van der Waals surface area contributed by atoms with Gasteiger partial charge < -0.3 is 5.32 Å². The van der Waals surface area contributed by atoms with Crippen LogP contribution in [0.15, 0.2) is 42.5 Å². The number of nitrogens with one attached hydrogen (secondary N) is 1. The van der Waals surface area contributed by atoms with E-state index in [2.05, 4.69) is 29.6 Å². The highest BCUT2D eigenvalue weighted by molar-refractivity contribution is 6.39. The maximum atomic E-state index is 6.14. The molecule has 1 N–H and O–H groups in total. The summed E-state index contributed by atoms with van der Waals surface area (Å²) >= 11 is 12.3. The maximum absolute atomic E-state index is 6.14. The Hall–Kier alpha value is -1.18. The number of anilines is 1. The fourth-order valence-electron chi connectivity index (χ4n) is 2.23. The molecule has 1 saturated carbocycles. The predicted octanol–water partition coefficient (Wildman–Crippen LogP) is 5.48. The molecule has 0 radical (unpaired) electrons. The molecule has 0 heterocycles. The van der Waals surface area contributed by atoms with Crippen LogP contribution < -0.4 is 5.32 Å². The first-order valence-corrected chi connectivity index (χ1v) is 7.26. The van der Waals surface area contributed by atoms with Gasteiger partial charge >= 0.3 is 0 Å². The average Bonchev–Trinajstić information content (AvgIpc) is 3.23. The van der Waals surface area contributed by atoms with Gasteiger partial charge in [0.15, 0.2) is 0 Å². The van der Waals surface area contributed by atoms with Crippen LogP contribution in [-0.2, 0) is 6.54 Å². The molecule has 0 bridgehead atoms. The van der Waals surface area contributed by atoms with Crippen LogP contribution in [0.4, 0.5) is 5.69 Å². The predicted molar refractivity (Wildman–Crippen MR) is 82.2 cm³/mol. The molecule has 0 unspecified atom stereocenters. The van der Waals surface area contributed by atoms with Crippen molar-refractivity contribution in [2.75, 3.05) is 5.32 Å². The molecular weight excluding hydrogens is 277 g/mol. The Balaban J connectivity index is 1.73. The minimum absolute atomic E-state index is 0.658. The summed E-state index contributed by atoms with van der Waals surface area (Å²) in [6, 6.07) is 14.3. The Morgan fingerprint density at radius 1 is 1.00 bits per heavy atom. The Labute approximate surface area is 123 Å². The van der Waals surface area contributed by atoms with E-state index in [1.54, 1.807) is 0 Å². The van der Waals surface area contributed by atoms with Crippen LogP contribution in [0.5, 0.6) is 0 Å². The summed E-state index contributed by atoms with van der Waals surface area (Å²) in [5, 5.41) is 4.64. The lowest BCUT2D eigenvalue weighted by molar-refractivity contribution is 1.09. The molecule has 0 aliphatic heterocycles. The average molecular weight is 292 g/mol. The Bertz CT molecular complexity index is 571. The zero-order valence-electron chi connectivity index (χ0n) is 10.5. The summed E-state index contributed by atoms with van der Waals surface area (Å²) in [5.74, 6) is 0.781. The second-order valence-corrected chi connectivity index (χ2v) is 5.78. The number of hydrogen-bond donors (Lipinski definition) is 1. The molecule has 1 aliphatic rings. The van der Waals surface area contributed by atoms with Crippen molar-refractivity contribution in [2.24, 2.45) is 0 Å². The van der Waals surface area contributed by atoms with E-state index in [9.17, 15) is 0 Å². The lowest BCUT2D eigenvalue weighted by atomic mass is 10.1. The standard InChI is InChI=1S/C16H15Cl2N/c17-14-5-2-6-15(18)16(14)19-10-11-3-1-4-13(9-11)12-7-8-12/h1-6,9,12,19H,7-8,10H2. The molecule has 0 aromatic heterocycles. The number of para-hydroxylation sites is 1. The second kappa shape index (κ2) is 5.44. The first-order chi connectivity index (χ1) is 9.24. The summed E-state index contributed by atoms with van der Waals surface area (Å²) in [6.07, 6.45) is 2.65. The fourth-order valence-corrected chi connectivity index (χ4v) is 2.76. The van der Waals surface area contributed by atoms with Crippen molar-refractivity contribution in [3.8, 4) is 0 Å². The number of benzene rings is 2. The molecule has 0 saturated heterocycles.